The van der Waals surface area contributed by atoms with Crippen molar-refractivity contribution in [1.82, 2.24) is 4.98 Å². The molecule has 2 N–H and O–H groups in total. The number of thiazole rings is 1. The Labute approximate surface area is 134 Å². The summed E-state index contributed by atoms with van der Waals surface area (Å²) in [7, 11) is 2.09. The molecule has 21 heavy (non-hydrogen) atoms. The van der Waals surface area contributed by atoms with Crippen molar-refractivity contribution in [1.29, 1.82) is 0 Å². The second-order valence-electron chi connectivity index (χ2n) is 5.64. The van der Waals surface area contributed by atoms with Gasteiger partial charge in [0.05, 0.1) is 11.7 Å². The summed E-state index contributed by atoms with van der Waals surface area (Å²) >= 11 is 7.74. The van der Waals surface area contributed by atoms with Gasteiger partial charge in [-0.15, -0.1) is 11.3 Å². The highest BCUT2D eigenvalue weighted by Gasteiger charge is 2.24. The van der Waals surface area contributed by atoms with E-state index in [0.717, 1.165) is 28.7 Å². The summed E-state index contributed by atoms with van der Waals surface area (Å²) in [5, 5.41) is 1.82. The Bertz CT molecular complexity index is 623. The molecule has 2 aromatic rings. The van der Waals surface area contributed by atoms with Gasteiger partial charge in [-0.2, -0.15) is 0 Å². The van der Waals surface area contributed by atoms with Crippen LogP contribution in [0.4, 0.5) is 5.13 Å². The summed E-state index contributed by atoms with van der Waals surface area (Å²) in [4.78, 5) is 8.37. The Balaban J connectivity index is 1.84. The molecular formula is C16H20ClN3S. The van der Waals surface area contributed by atoms with Crippen molar-refractivity contribution in [2.45, 2.75) is 38.3 Å². The van der Waals surface area contributed by atoms with Crippen LogP contribution in [0.3, 0.4) is 0 Å². The molecule has 2 unspecified atom stereocenters. The molecule has 1 aromatic heterocycles. The lowest BCUT2D eigenvalue weighted by molar-refractivity contribution is 0.563. The summed E-state index contributed by atoms with van der Waals surface area (Å²) in [5.41, 5.74) is 8.52. The van der Waals surface area contributed by atoms with Crippen molar-refractivity contribution in [3.8, 4) is 0 Å². The average Bonchev–Trinajstić information content (AvgIpc) is 2.92. The Morgan fingerprint density at radius 2 is 2.10 bits per heavy atom. The number of nitrogens with zero attached hydrogens (tertiary/aromatic N) is 2. The van der Waals surface area contributed by atoms with Gasteiger partial charge < -0.3 is 10.6 Å². The Morgan fingerprint density at radius 1 is 1.38 bits per heavy atom. The number of nitrogens with two attached hydrogens (primary N) is 1. The minimum atomic E-state index is 0.109. The quantitative estimate of drug-likeness (QED) is 0.915. The molecule has 0 amide bonds. The first-order valence-electron chi connectivity index (χ1n) is 7.29. The first kappa shape index (κ1) is 14.8. The van der Waals surface area contributed by atoms with E-state index in [2.05, 4.69) is 31.0 Å². The van der Waals surface area contributed by atoms with E-state index < -0.39 is 0 Å². The normalized spacial score (nSPS) is 19.1. The summed E-state index contributed by atoms with van der Waals surface area (Å²) < 4.78 is 0. The standard InChI is InChI=1S/C16H20ClN3S/c1-10(11-6-8-12(17)9-7-11)20(2)16-19-15-13(18)4-3-5-14(15)21-16/h6-10,13H,3-5,18H2,1-2H3. The van der Waals surface area contributed by atoms with E-state index in [0.29, 0.717) is 0 Å². The maximum Gasteiger partial charge on any atom is 0.186 e. The fourth-order valence-corrected chi connectivity index (χ4v) is 4.06. The van der Waals surface area contributed by atoms with Crippen LogP contribution < -0.4 is 10.6 Å². The van der Waals surface area contributed by atoms with Crippen molar-refractivity contribution in [3.63, 3.8) is 0 Å². The van der Waals surface area contributed by atoms with Gasteiger partial charge in [0, 0.05) is 23.0 Å². The van der Waals surface area contributed by atoms with Crippen LogP contribution in [-0.4, -0.2) is 12.0 Å². The number of hydrogen-bond donors (Lipinski definition) is 1. The van der Waals surface area contributed by atoms with Gasteiger partial charge in [0.25, 0.3) is 0 Å². The molecule has 112 valence electrons. The third kappa shape index (κ3) is 2.93. The molecule has 0 fully saturated rings. The molecule has 1 aliphatic rings. The molecule has 5 heteroatoms. The van der Waals surface area contributed by atoms with Gasteiger partial charge >= 0.3 is 0 Å². The largest absolute Gasteiger partial charge is 0.344 e. The highest BCUT2D eigenvalue weighted by molar-refractivity contribution is 7.15. The van der Waals surface area contributed by atoms with E-state index in [4.69, 9.17) is 22.3 Å². The number of fused-ring (bicyclic) bond motifs is 1. The minimum absolute atomic E-state index is 0.109. The molecule has 3 rings (SSSR count). The third-order valence-electron chi connectivity index (χ3n) is 4.22. The number of benzene rings is 1. The summed E-state index contributed by atoms with van der Waals surface area (Å²) in [6, 6.07) is 8.38. The van der Waals surface area contributed by atoms with E-state index in [9.17, 15) is 0 Å². The first-order valence-corrected chi connectivity index (χ1v) is 8.49. The van der Waals surface area contributed by atoms with Crippen LogP contribution in [-0.2, 0) is 6.42 Å². The van der Waals surface area contributed by atoms with Crippen LogP contribution >= 0.6 is 22.9 Å². The predicted octanol–water partition coefficient (Wildman–Crippen LogP) is 4.33. The summed E-state index contributed by atoms with van der Waals surface area (Å²) in [6.07, 6.45) is 3.34. The maximum absolute atomic E-state index is 6.17. The third-order valence-corrected chi connectivity index (χ3v) is 5.70. The zero-order chi connectivity index (χ0) is 15.0. The van der Waals surface area contributed by atoms with Crippen molar-refractivity contribution < 1.29 is 0 Å². The lowest BCUT2D eigenvalue weighted by Gasteiger charge is -2.24. The van der Waals surface area contributed by atoms with Gasteiger partial charge in [0.1, 0.15) is 0 Å². The Hall–Kier alpha value is -1.10. The Kier molecular flexibility index (Phi) is 4.20. The fraction of sp³-hybridized carbons (Fsp3) is 0.438. The molecule has 0 bridgehead atoms. The molecule has 2 atom stereocenters. The number of rotatable bonds is 3. The van der Waals surface area contributed by atoms with E-state index in [-0.39, 0.29) is 12.1 Å². The second-order valence-corrected chi connectivity index (χ2v) is 7.14. The van der Waals surface area contributed by atoms with Crippen molar-refractivity contribution in [2.75, 3.05) is 11.9 Å². The zero-order valence-electron chi connectivity index (χ0n) is 12.3. The molecule has 0 saturated heterocycles. The molecule has 1 heterocycles. The molecule has 0 saturated carbocycles. The van der Waals surface area contributed by atoms with E-state index in [1.165, 1.54) is 16.9 Å². The topological polar surface area (TPSA) is 42.2 Å². The van der Waals surface area contributed by atoms with Crippen molar-refractivity contribution in [3.05, 3.63) is 45.4 Å². The van der Waals surface area contributed by atoms with Gasteiger partial charge in [-0.3, -0.25) is 0 Å². The van der Waals surface area contributed by atoms with Gasteiger partial charge in [0.2, 0.25) is 0 Å². The minimum Gasteiger partial charge on any atom is -0.344 e. The zero-order valence-corrected chi connectivity index (χ0v) is 13.9. The van der Waals surface area contributed by atoms with Crippen LogP contribution in [0.2, 0.25) is 5.02 Å². The number of anilines is 1. The van der Waals surface area contributed by atoms with E-state index in [1.54, 1.807) is 11.3 Å². The molecule has 0 radical (unpaired) electrons. The predicted molar refractivity (Wildman–Crippen MR) is 90.3 cm³/mol. The number of aryl methyl sites for hydroxylation is 1. The smallest absolute Gasteiger partial charge is 0.186 e. The second kappa shape index (κ2) is 5.95. The molecule has 1 aliphatic carbocycles. The summed E-state index contributed by atoms with van der Waals surface area (Å²) in [5.74, 6) is 0. The van der Waals surface area contributed by atoms with Crippen LogP contribution in [0.1, 0.15) is 48.0 Å². The van der Waals surface area contributed by atoms with E-state index in [1.807, 2.05) is 12.1 Å². The first-order chi connectivity index (χ1) is 10.1. The highest BCUT2D eigenvalue weighted by Crippen LogP contribution is 2.37. The molecular weight excluding hydrogens is 302 g/mol. The average molecular weight is 322 g/mol. The van der Waals surface area contributed by atoms with Gasteiger partial charge in [-0.25, -0.2) is 4.98 Å². The van der Waals surface area contributed by atoms with Crippen molar-refractivity contribution >= 4 is 28.1 Å². The number of hydrogen-bond acceptors (Lipinski definition) is 4. The molecule has 0 aliphatic heterocycles. The molecule has 1 aromatic carbocycles. The van der Waals surface area contributed by atoms with Crippen LogP contribution in [0.25, 0.3) is 0 Å². The van der Waals surface area contributed by atoms with E-state index >= 15 is 0 Å². The molecule has 3 nitrogen and oxygen atoms in total. The van der Waals surface area contributed by atoms with Crippen LogP contribution in [0.5, 0.6) is 0 Å². The van der Waals surface area contributed by atoms with Gasteiger partial charge in [-0.05, 0) is 43.9 Å². The number of aromatic nitrogens is 1. The lowest BCUT2D eigenvalue weighted by atomic mass is 9.99. The summed E-state index contributed by atoms with van der Waals surface area (Å²) in [6.45, 7) is 2.18. The van der Waals surface area contributed by atoms with Crippen LogP contribution in [0.15, 0.2) is 24.3 Å². The van der Waals surface area contributed by atoms with Gasteiger partial charge in [0.15, 0.2) is 5.13 Å². The maximum atomic E-state index is 6.17. The SMILES string of the molecule is CC(c1ccc(Cl)cc1)N(C)c1nc2c(s1)CCCC2N. The monoisotopic (exact) mass is 321 g/mol. The lowest BCUT2D eigenvalue weighted by Crippen LogP contribution is -2.22. The fourth-order valence-electron chi connectivity index (χ4n) is 2.72. The van der Waals surface area contributed by atoms with Crippen molar-refractivity contribution in [2.24, 2.45) is 5.73 Å². The highest BCUT2D eigenvalue weighted by atomic mass is 35.5. The molecule has 0 spiro atoms. The van der Waals surface area contributed by atoms with Gasteiger partial charge in [-0.1, -0.05) is 23.7 Å². The number of halogens is 1. The van der Waals surface area contributed by atoms with Crippen LogP contribution in [0, 0.1) is 0 Å². The Morgan fingerprint density at radius 3 is 2.76 bits per heavy atom.